The van der Waals surface area contributed by atoms with E-state index in [0.717, 1.165) is 11.1 Å². The van der Waals surface area contributed by atoms with Crippen molar-refractivity contribution in [1.82, 2.24) is 24.9 Å². The van der Waals surface area contributed by atoms with Gasteiger partial charge in [0.05, 0.1) is 6.54 Å². The number of rotatable bonds is 6. The van der Waals surface area contributed by atoms with Crippen molar-refractivity contribution < 1.29 is 4.79 Å². The van der Waals surface area contributed by atoms with Gasteiger partial charge in [-0.05, 0) is 35.4 Å². The molecule has 0 aliphatic carbocycles. The van der Waals surface area contributed by atoms with E-state index in [4.69, 9.17) is 11.6 Å². The Bertz CT molecular complexity index is 1060. The maximum absolute atomic E-state index is 12.8. The molecule has 4 rings (SSSR count). The lowest BCUT2D eigenvalue weighted by Gasteiger charge is -2.10. The third-order valence-electron chi connectivity index (χ3n) is 4.31. The molecule has 4 aromatic rings. The second kappa shape index (κ2) is 8.10. The molecular weight excluding hydrogens is 374 g/mol. The summed E-state index contributed by atoms with van der Waals surface area (Å²) in [6, 6.07) is 21.1. The molecule has 0 spiro atoms. The van der Waals surface area contributed by atoms with Crippen molar-refractivity contribution in [2.45, 2.75) is 13.1 Å². The van der Waals surface area contributed by atoms with Gasteiger partial charge >= 0.3 is 0 Å². The molecule has 0 aliphatic heterocycles. The number of aromatic nitrogens is 4. The second-order valence-corrected chi connectivity index (χ2v) is 6.74. The van der Waals surface area contributed by atoms with Crippen LogP contribution < -0.4 is 5.32 Å². The molecule has 28 heavy (non-hydrogen) atoms. The fourth-order valence-electron chi connectivity index (χ4n) is 2.92. The zero-order valence-corrected chi connectivity index (χ0v) is 15.8. The van der Waals surface area contributed by atoms with Gasteiger partial charge < -0.3 is 9.88 Å². The van der Waals surface area contributed by atoms with Crippen LogP contribution in [0.3, 0.4) is 0 Å². The normalized spacial score (nSPS) is 10.8. The number of carbonyl (C=O) groups excluding carboxylic acids is 1. The van der Waals surface area contributed by atoms with E-state index in [1.54, 1.807) is 4.68 Å². The lowest BCUT2D eigenvalue weighted by atomic mass is 10.2. The first-order valence-electron chi connectivity index (χ1n) is 8.84. The number of carbonyl (C=O) groups is 1. The maximum Gasteiger partial charge on any atom is 0.276 e. The highest BCUT2D eigenvalue weighted by Crippen LogP contribution is 2.16. The van der Waals surface area contributed by atoms with E-state index in [9.17, 15) is 4.79 Å². The highest BCUT2D eigenvalue weighted by atomic mass is 35.5. The fraction of sp³-hybridized carbons (Fsp3) is 0.0952. The topological polar surface area (TPSA) is 64.7 Å². The van der Waals surface area contributed by atoms with Crippen molar-refractivity contribution in [3.63, 3.8) is 0 Å². The molecule has 0 fully saturated rings. The second-order valence-electron chi connectivity index (χ2n) is 6.30. The predicted octanol–water partition coefficient (Wildman–Crippen LogP) is 3.70. The van der Waals surface area contributed by atoms with Gasteiger partial charge in [-0.25, -0.2) is 4.68 Å². The van der Waals surface area contributed by atoms with Crippen molar-refractivity contribution in [2.24, 2.45) is 0 Å². The zero-order valence-electron chi connectivity index (χ0n) is 15.0. The molecule has 0 unspecified atom stereocenters. The van der Waals surface area contributed by atoms with Gasteiger partial charge in [-0.2, -0.15) is 0 Å². The largest absolute Gasteiger partial charge is 0.346 e. The highest BCUT2D eigenvalue weighted by Gasteiger charge is 2.21. The van der Waals surface area contributed by atoms with Crippen molar-refractivity contribution >= 4 is 17.5 Å². The van der Waals surface area contributed by atoms with Crippen LogP contribution in [0, 0.1) is 0 Å². The minimum absolute atomic E-state index is 0.269. The van der Waals surface area contributed by atoms with Gasteiger partial charge in [-0.3, -0.25) is 4.79 Å². The fourth-order valence-corrected chi connectivity index (χ4v) is 3.04. The van der Waals surface area contributed by atoms with Crippen LogP contribution in [-0.2, 0) is 13.1 Å². The molecule has 2 aromatic carbocycles. The minimum atomic E-state index is -0.269. The number of benzene rings is 2. The molecular formula is C21H18ClN5O. The van der Waals surface area contributed by atoms with Crippen molar-refractivity contribution in [3.05, 3.63) is 101 Å². The molecule has 2 heterocycles. The lowest BCUT2D eigenvalue weighted by Crippen LogP contribution is -2.25. The smallest absolute Gasteiger partial charge is 0.276 e. The van der Waals surface area contributed by atoms with E-state index in [2.05, 4.69) is 15.6 Å². The van der Waals surface area contributed by atoms with Gasteiger partial charge in [0.25, 0.3) is 5.91 Å². The number of nitrogens with zero attached hydrogens (tertiary/aromatic N) is 4. The van der Waals surface area contributed by atoms with Crippen LogP contribution in [-0.4, -0.2) is 25.5 Å². The van der Waals surface area contributed by atoms with E-state index in [0.29, 0.717) is 23.9 Å². The molecule has 0 atom stereocenters. The number of nitrogens with one attached hydrogen (secondary N) is 1. The molecule has 140 valence electrons. The Kier molecular flexibility index (Phi) is 5.21. The molecule has 0 saturated carbocycles. The molecule has 2 aromatic heterocycles. The summed E-state index contributed by atoms with van der Waals surface area (Å²) in [5, 5.41) is 12.0. The van der Waals surface area contributed by atoms with Gasteiger partial charge in [0.1, 0.15) is 0 Å². The average Bonchev–Trinajstić information content (AvgIpc) is 3.38. The van der Waals surface area contributed by atoms with Crippen LogP contribution in [0.5, 0.6) is 0 Å². The van der Waals surface area contributed by atoms with E-state index >= 15 is 0 Å². The predicted molar refractivity (Wildman–Crippen MR) is 108 cm³/mol. The monoisotopic (exact) mass is 391 g/mol. The number of hydrogen-bond donors (Lipinski definition) is 1. The summed E-state index contributed by atoms with van der Waals surface area (Å²) in [4.78, 5) is 12.8. The summed E-state index contributed by atoms with van der Waals surface area (Å²) in [6.45, 7) is 0.901. The molecule has 7 heteroatoms. The van der Waals surface area contributed by atoms with Crippen molar-refractivity contribution in [1.29, 1.82) is 0 Å². The van der Waals surface area contributed by atoms with E-state index in [-0.39, 0.29) is 11.6 Å². The number of halogens is 1. The minimum Gasteiger partial charge on any atom is -0.346 e. The average molecular weight is 392 g/mol. The Morgan fingerprint density at radius 2 is 1.64 bits per heavy atom. The molecule has 0 radical (unpaired) electrons. The summed E-state index contributed by atoms with van der Waals surface area (Å²) < 4.78 is 3.55. The maximum atomic E-state index is 12.8. The van der Waals surface area contributed by atoms with Crippen LogP contribution in [0.4, 0.5) is 0 Å². The van der Waals surface area contributed by atoms with Crippen LogP contribution in [0.1, 0.15) is 21.6 Å². The van der Waals surface area contributed by atoms with Crippen LogP contribution in [0.25, 0.3) is 5.82 Å². The van der Waals surface area contributed by atoms with Gasteiger partial charge in [0, 0.05) is 24.0 Å². The van der Waals surface area contributed by atoms with Gasteiger partial charge in [0.15, 0.2) is 11.5 Å². The Balaban J connectivity index is 1.61. The lowest BCUT2D eigenvalue weighted by molar-refractivity contribution is 0.0946. The summed E-state index contributed by atoms with van der Waals surface area (Å²) in [6.07, 6.45) is 3.73. The molecule has 1 N–H and O–H groups in total. The van der Waals surface area contributed by atoms with Gasteiger partial charge in [0.2, 0.25) is 0 Å². The Labute approximate surface area is 167 Å². The van der Waals surface area contributed by atoms with E-state index < -0.39 is 0 Å². The number of hydrogen-bond acceptors (Lipinski definition) is 3. The van der Waals surface area contributed by atoms with Gasteiger partial charge in [-0.15, -0.1) is 5.10 Å². The zero-order chi connectivity index (χ0) is 19.3. The van der Waals surface area contributed by atoms with Crippen molar-refractivity contribution in [2.75, 3.05) is 0 Å². The SMILES string of the molecule is O=C(NCc1ccccc1)c1nnn(Cc2ccc(Cl)cc2)c1-n1cccc1. The standard InChI is InChI=1S/C21H18ClN5O/c22-18-10-8-17(9-11-18)15-27-21(26-12-4-5-13-26)19(24-25-27)20(28)23-14-16-6-2-1-3-7-16/h1-13H,14-15H2,(H,23,28). The third kappa shape index (κ3) is 3.97. The molecule has 0 saturated heterocycles. The quantitative estimate of drug-likeness (QED) is 0.545. The molecule has 0 aliphatic rings. The molecule has 1 amide bonds. The van der Waals surface area contributed by atoms with Crippen molar-refractivity contribution in [3.8, 4) is 5.82 Å². The highest BCUT2D eigenvalue weighted by molar-refractivity contribution is 6.30. The summed E-state index contributed by atoms with van der Waals surface area (Å²) in [5.74, 6) is 0.348. The van der Waals surface area contributed by atoms with E-state index in [1.165, 1.54) is 0 Å². The molecule has 0 bridgehead atoms. The van der Waals surface area contributed by atoms with Crippen LogP contribution in [0.15, 0.2) is 79.1 Å². The van der Waals surface area contributed by atoms with E-state index in [1.807, 2.05) is 83.7 Å². The Morgan fingerprint density at radius 1 is 0.929 bits per heavy atom. The first kappa shape index (κ1) is 18.0. The summed E-state index contributed by atoms with van der Waals surface area (Å²) in [5.41, 5.74) is 2.31. The first-order valence-corrected chi connectivity index (χ1v) is 9.22. The van der Waals surface area contributed by atoms with Crippen LogP contribution >= 0.6 is 11.6 Å². The first-order chi connectivity index (χ1) is 13.7. The van der Waals surface area contributed by atoms with Crippen LogP contribution in [0.2, 0.25) is 5.02 Å². The molecule has 6 nitrogen and oxygen atoms in total. The Hall–Kier alpha value is -3.38. The Morgan fingerprint density at radius 3 is 2.36 bits per heavy atom. The third-order valence-corrected chi connectivity index (χ3v) is 4.57. The summed E-state index contributed by atoms with van der Waals surface area (Å²) in [7, 11) is 0. The number of amides is 1. The summed E-state index contributed by atoms with van der Waals surface area (Å²) >= 11 is 5.97. The van der Waals surface area contributed by atoms with Gasteiger partial charge in [-0.1, -0.05) is 59.3 Å².